The summed E-state index contributed by atoms with van der Waals surface area (Å²) in [5.41, 5.74) is 18.5. The largest absolute Gasteiger partial charge is 0.319 e. The van der Waals surface area contributed by atoms with Crippen LogP contribution in [-0.2, 0) is 6.42 Å². The highest BCUT2D eigenvalue weighted by Crippen LogP contribution is 2.26. The number of nitrogens with zero attached hydrogens (tertiary/aromatic N) is 2. The van der Waals surface area contributed by atoms with Gasteiger partial charge in [-0.1, -0.05) is 54.6 Å². The van der Waals surface area contributed by atoms with Crippen LogP contribution < -0.4 is 11.5 Å². The number of dihydropyridines is 1. The van der Waals surface area contributed by atoms with Crippen LogP contribution in [0.5, 0.6) is 0 Å². The SMILES string of the molecule is Cc1cc(-c2ccc(-c3cccc(CC4(N)C=CC=NC4N)c3)cc2)n[nH]1. The quantitative estimate of drug-likeness (QED) is 0.669. The van der Waals surface area contributed by atoms with Crippen molar-refractivity contribution in [3.8, 4) is 22.4 Å². The predicted molar refractivity (Wildman–Crippen MR) is 110 cm³/mol. The topological polar surface area (TPSA) is 93.1 Å². The molecule has 5 nitrogen and oxygen atoms in total. The fraction of sp³-hybridized carbons (Fsp3) is 0.182. The number of aromatic nitrogens is 2. The van der Waals surface area contributed by atoms with Crippen molar-refractivity contribution >= 4 is 6.21 Å². The zero-order valence-electron chi connectivity index (χ0n) is 15.3. The lowest BCUT2D eigenvalue weighted by Crippen LogP contribution is -2.55. The molecule has 1 aliphatic heterocycles. The summed E-state index contributed by atoms with van der Waals surface area (Å²) in [4.78, 5) is 4.23. The second kappa shape index (κ2) is 6.95. The zero-order chi connectivity index (χ0) is 18.9. The molecule has 0 amide bonds. The average Bonchev–Trinajstić information content (AvgIpc) is 3.11. The minimum Gasteiger partial charge on any atom is -0.319 e. The first-order chi connectivity index (χ1) is 13.0. The van der Waals surface area contributed by atoms with Crippen molar-refractivity contribution in [2.75, 3.05) is 0 Å². The van der Waals surface area contributed by atoms with Crippen molar-refractivity contribution in [1.29, 1.82) is 0 Å². The van der Waals surface area contributed by atoms with Crippen LogP contribution in [0, 0.1) is 6.92 Å². The molecular weight excluding hydrogens is 334 g/mol. The highest BCUT2D eigenvalue weighted by atomic mass is 15.1. The predicted octanol–water partition coefficient (Wildman–Crippen LogP) is 3.22. The summed E-state index contributed by atoms with van der Waals surface area (Å²) in [7, 11) is 0. The van der Waals surface area contributed by atoms with E-state index in [1.54, 1.807) is 6.21 Å². The van der Waals surface area contributed by atoms with Crippen LogP contribution in [0.25, 0.3) is 22.4 Å². The number of hydrogen-bond donors (Lipinski definition) is 3. The molecule has 2 heterocycles. The van der Waals surface area contributed by atoms with Crippen molar-refractivity contribution < 1.29 is 0 Å². The molecule has 1 aliphatic rings. The standard InChI is InChI=1S/C22H23N5/c1-15-12-20(27-26-15)18-8-6-17(7-9-18)19-5-2-4-16(13-19)14-22(24)10-3-11-25-21(22)23/h2-13,21H,14,23-24H2,1H3,(H,26,27). The van der Waals surface area contributed by atoms with Crippen molar-refractivity contribution in [1.82, 2.24) is 10.2 Å². The van der Waals surface area contributed by atoms with Crippen LogP contribution in [-0.4, -0.2) is 28.1 Å². The lowest BCUT2D eigenvalue weighted by Gasteiger charge is -2.31. The van der Waals surface area contributed by atoms with Crippen molar-refractivity contribution in [2.24, 2.45) is 16.5 Å². The van der Waals surface area contributed by atoms with Gasteiger partial charge in [0.15, 0.2) is 0 Å². The van der Waals surface area contributed by atoms with Crippen LogP contribution in [0.15, 0.2) is 71.7 Å². The molecule has 3 aromatic rings. The van der Waals surface area contributed by atoms with E-state index in [0.717, 1.165) is 33.6 Å². The molecule has 2 aromatic carbocycles. The molecule has 0 radical (unpaired) electrons. The Morgan fingerprint density at radius 2 is 1.81 bits per heavy atom. The van der Waals surface area contributed by atoms with Crippen LogP contribution in [0.3, 0.4) is 0 Å². The van der Waals surface area contributed by atoms with E-state index < -0.39 is 11.7 Å². The number of rotatable bonds is 4. The van der Waals surface area contributed by atoms with E-state index in [-0.39, 0.29) is 0 Å². The molecule has 136 valence electrons. The molecule has 1 aromatic heterocycles. The summed E-state index contributed by atoms with van der Waals surface area (Å²) in [5.74, 6) is 0. The summed E-state index contributed by atoms with van der Waals surface area (Å²) in [5, 5.41) is 7.29. The first kappa shape index (κ1) is 17.4. The Kier molecular flexibility index (Phi) is 4.48. The van der Waals surface area contributed by atoms with Crippen molar-refractivity contribution in [3.05, 3.63) is 78.0 Å². The normalized spacial score (nSPS) is 21.5. The molecule has 27 heavy (non-hydrogen) atoms. The maximum Gasteiger partial charge on any atom is 0.119 e. The Labute approximate surface area is 158 Å². The fourth-order valence-corrected chi connectivity index (χ4v) is 3.38. The Morgan fingerprint density at radius 3 is 2.52 bits per heavy atom. The van der Waals surface area contributed by atoms with E-state index in [1.807, 2.05) is 25.1 Å². The molecule has 2 unspecified atom stereocenters. The van der Waals surface area contributed by atoms with Gasteiger partial charge in [0.1, 0.15) is 6.17 Å². The molecule has 2 atom stereocenters. The van der Waals surface area contributed by atoms with E-state index >= 15 is 0 Å². The van der Waals surface area contributed by atoms with E-state index in [4.69, 9.17) is 11.5 Å². The highest BCUT2D eigenvalue weighted by molar-refractivity contribution is 5.73. The van der Waals surface area contributed by atoms with Gasteiger partial charge in [-0.3, -0.25) is 10.1 Å². The van der Waals surface area contributed by atoms with Crippen LogP contribution in [0.4, 0.5) is 0 Å². The minimum absolute atomic E-state index is 0.428. The smallest absolute Gasteiger partial charge is 0.119 e. The number of H-pyrrole nitrogens is 1. The number of nitrogens with two attached hydrogens (primary N) is 2. The monoisotopic (exact) mass is 357 g/mol. The first-order valence-electron chi connectivity index (χ1n) is 9.01. The van der Waals surface area contributed by atoms with Gasteiger partial charge in [0.05, 0.1) is 11.2 Å². The number of allylic oxidation sites excluding steroid dienone is 1. The fourth-order valence-electron chi connectivity index (χ4n) is 3.38. The number of aliphatic imine (C=N–C) groups is 1. The molecule has 0 aliphatic carbocycles. The molecular formula is C22H23N5. The van der Waals surface area contributed by atoms with E-state index in [2.05, 4.69) is 63.7 Å². The van der Waals surface area contributed by atoms with Gasteiger partial charge < -0.3 is 11.5 Å². The molecule has 4 rings (SSSR count). The van der Waals surface area contributed by atoms with E-state index in [1.165, 1.54) is 0 Å². The molecule has 0 saturated heterocycles. The van der Waals surface area contributed by atoms with Gasteiger partial charge >= 0.3 is 0 Å². The third-order valence-electron chi connectivity index (χ3n) is 4.95. The Morgan fingerprint density at radius 1 is 1.04 bits per heavy atom. The summed E-state index contributed by atoms with van der Waals surface area (Å²) in [6.45, 7) is 2.00. The van der Waals surface area contributed by atoms with Crippen LogP contribution in [0.2, 0.25) is 0 Å². The molecule has 0 spiro atoms. The van der Waals surface area contributed by atoms with Crippen LogP contribution in [0.1, 0.15) is 11.3 Å². The number of nitrogens with one attached hydrogen (secondary N) is 1. The molecule has 0 saturated carbocycles. The lowest BCUT2D eigenvalue weighted by atomic mass is 9.86. The second-order valence-corrected chi connectivity index (χ2v) is 7.11. The van der Waals surface area contributed by atoms with E-state index in [0.29, 0.717) is 6.42 Å². The molecule has 0 bridgehead atoms. The summed E-state index contributed by atoms with van der Waals surface area (Å²) in [6.07, 6.45) is 5.72. The van der Waals surface area contributed by atoms with E-state index in [9.17, 15) is 0 Å². The van der Waals surface area contributed by atoms with Crippen molar-refractivity contribution in [3.63, 3.8) is 0 Å². The van der Waals surface area contributed by atoms with Gasteiger partial charge in [-0.2, -0.15) is 5.10 Å². The summed E-state index contributed by atoms with van der Waals surface area (Å²) < 4.78 is 0. The number of aryl methyl sites for hydroxylation is 1. The average molecular weight is 357 g/mol. The minimum atomic E-state index is -0.658. The van der Waals surface area contributed by atoms with Crippen molar-refractivity contribution in [2.45, 2.75) is 25.0 Å². The summed E-state index contributed by atoms with van der Waals surface area (Å²) in [6, 6.07) is 18.9. The third-order valence-corrected chi connectivity index (χ3v) is 4.95. The zero-order valence-corrected chi connectivity index (χ0v) is 15.3. The highest BCUT2D eigenvalue weighted by Gasteiger charge is 2.31. The first-order valence-corrected chi connectivity index (χ1v) is 9.01. The van der Waals surface area contributed by atoms with Gasteiger partial charge in [0, 0.05) is 17.5 Å². The maximum absolute atomic E-state index is 6.47. The maximum atomic E-state index is 6.47. The molecule has 5 N–H and O–H groups in total. The third kappa shape index (κ3) is 3.60. The van der Waals surface area contributed by atoms with Gasteiger partial charge in [-0.05, 0) is 42.2 Å². The lowest BCUT2D eigenvalue weighted by molar-refractivity contribution is 0.426. The molecule has 0 fully saturated rings. The second-order valence-electron chi connectivity index (χ2n) is 7.11. The van der Waals surface area contributed by atoms with Gasteiger partial charge in [-0.15, -0.1) is 0 Å². The number of aromatic amines is 1. The van der Waals surface area contributed by atoms with Crippen LogP contribution >= 0.6 is 0 Å². The van der Waals surface area contributed by atoms with Gasteiger partial charge in [0.25, 0.3) is 0 Å². The molecule has 5 heteroatoms. The Bertz CT molecular complexity index is 1000. The Hall–Kier alpha value is -3.02. The van der Waals surface area contributed by atoms with Gasteiger partial charge in [0.2, 0.25) is 0 Å². The number of benzene rings is 2. The Balaban J connectivity index is 1.57. The number of hydrogen-bond acceptors (Lipinski definition) is 4. The van der Waals surface area contributed by atoms with Gasteiger partial charge in [-0.25, -0.2) is 0 Å². The summed E-state index contributed by atoms with van der Waals surface area (Å²) >= 11 is 0.